The molecule has 1 saturated heterocycles. The first-order valence-corrected chi connectivity index (χ1v) is 7.08. The van der Waals surface area contributed by atoms with Crippen molar-refractivity contribution in [3.8, 4) is 0 Å². The van der Waals surface area contributed by atoms with E-state index in [1.165, 1.54) is 12.8 Å². The van der Waals surface area contributed by atoms with Crippen molar-refractivity contribution in [3.63, 3.8) is 0 Å². The van der Waals surface area contributed by atoms with Crippen LogP contribution in [0.3, 0.4) is 0 Å². The van der Waals surface area contributed by atoms with E-state index in [0.717, 1.165) is 51.6 Å². The molecule has 98 valence electrons. The zero-order valence-corrected chi connectivity index (χ0v) is 10.7. The highest BCUT2D eigenvalue weighted by molar-refractivity contribution is 5.75. The number of rotatable bonds is 4. The molecule has 4 heteroatoms. The minimum absolute atomic E-state index is 0.163. The minimum Gasteiger partial charge on any atom is -0.335 e. The number of carbonyl (C=O) groups excluding carboxylic acids is 1. The Kier molecular flexibility index (Phi) is 4.66. The number of urea groups is 1. The van der Waals surface area contributed by atoms with Crippen molar-refractivity contribution in [2.24, 2.45) is 5.73 Å². The Hall–Kier alpha value is -0.770. The van der Waals surface area contributed by atoms with Gasteiger partial charge in [0.05, 0.1) is 0 Å². The lowest BCUT2D eigenvalue weighted by Gasteiger charge is -2.26. The molecule has 2 fully saturated rings. The molecule has 1 saturated carbocycles. The molecular formula is C13H25N3O. The van der Waals surface area contributed by atoms with Crippen molar-refractivity contribution in [1.82, 2.24) is 10.2 Å². The molecule has 1 aliphatic carbocycles. The summed E-state index contributed by atoms with van der Waals surface area (Å²) >= 11 is 0. The summed E-state index contributed by atoms with van der Waals surface area (Å²) in [5.41, 5.74) is 5.54. The normalized spacial score (nSPS) is 25.5. The van der Waals surface area contributed by atoms with E-state index in [1.54, 1.807) is 0 Å². The summed E-state index contributed by atoms with van der Waals surface area (Å²) in [5.74, 6) is 0. The van der Waals surface area contributed by atoms with E-state index in [9.17, 15) is 4.79 Å². The Morgan fingerprint density at radius 1 is 1.24 bits per heavy atom. The number of nitrogens with two attached hydrogens (primary N) is 1. The predicted octanol–water partition coefficient (Wildman–Crippen LogP) is 1.84. The molecule has 0 bridgehead atoms. The number of likely N-dealkylation sites (tertiary alicyclic amines) is 1. The Morgan fingerprint density at radius 3 is 2.71 bits per heavy atom. The number of nitrogens with zero attached hydrogens (tertiary/aromatic N) is 1. The van der Waals surface area contributed by atoms with Crippen molar-refractivity contribution in [1.29, 1.82) is 0 Å². The molecule has 0 aromatic carbocycles. The van der Waals surface area contributed by atoms with Gasteiger partial charge in [0.25, 0.3) is 0 Å². The van der Waals surface area contributed by atoms with Crippen molar-refractivity contribution in [2.45, 2.75) is 63.5 Å². The molecule has 3 N–H and O–H groups in total. The second-order valence-electron chi connectivity index (χ2n) is 5.35. The Labute approximate surface area is 104 Å². The van der Waals surface area contributed by atoms with E-state index >= 15 is 0 Å². The van der Waals surface area contributed by atoms with Gasteiger partial charge in [0.2, 0.25) is 0 Å². The van der Waals surface area contributed by atoms with E-state index < -0.39 is 0 Å². The fourth-order valence-corrected chi connectivity index (χ4v) is 3.08. The number of nitrogens with one attached hydrogen (secondary N) is 1. The molecule has 4 nitrogen and oxygen atoms in total. The fraction of sp³-hybridized carbons (Fsp3) is 0.923. The molecule has 0 spiro atoms. The Balaban J connectivity index is 1.80. The first kappa shape index (κ1) is 12.7. The highest BCUT2D eigenvalue weighted by Crippen LogP contribution is 2.23. The number of carbonyl (C=O) groups is 1. The van der Waals surface area contributed by atoms with Crippen LogP contribution in [0.4, 0.5) is 4.79 Å². The summed E-state index contributed by atoms with van der Waals surface area (Å²) in [5, 5.41) is 3.18. The molecule has 0 aromatic heterocycles. The van der Waals surface area contributed by atoms with Crippen molar-refractivity contribution in [2.75, 3.05) is 13.1 Å². The van der Waals surface area contributed by atoms with Gasteiger partial charge in [-0.2, -0.15) is 0 Å². The van der Waals surface area contributed by atoms with Crippen LogP contribution < -0.4 is 11.1 Å². The largest absolute Gasteiger partial charge is 0.335 e. The third-order valence-electron chi connectivity index (χ3n) is 4.06. The standard InChI is InChI=1S/C13H25N3O/c14-9-3-7-12-8-4-10-16(12)13(17)15-11-5-1-2-6-11/h11-12H,1-10,14H2,(H,15,17). The van der Waals surface area contributed by atoms with Crippen LogP contribution in [0.25, 0.3) is 0 Å². The molecule has 2 amide bonds. The minimum atomic E-state index is 0.163. The maximum Gasteiger partial charge on any atom is 0.317 e. The summed E-state index contributed by atoms with van der Waals surface area (Å²) in [6.45, 7) is 1.66. The quantitative estimate of drug-likeness (QED) is 0.786. The van der Waals surface area contributed by atoms with Crippen LogP contribution in [0, 0.1) is 0 Å². The molecule has 0 aromatic rings. The zero-order chi connectivity index (χ0) is 12.1. The summed E-state index contributed by atoms with van der Waals surface area (Å²) in [6, 6.07) is 1.02. The Bertz CT molecular complexity index is 251. The average Bonchev–Trinajstić information content (AvgIpc) is 2.96. The van der Waals surface area contributed by atoms with Gasteiger partial charge in [-0.25, -0.2) is 4.79 Å². The van der Waals surface area contributed by atoms with Crippen LogP contribution in [0.15, 0.2) is 0 Å². The maximum atomic E-state index is 12.2. The highest BCUT2D eigenvalue weighted by atomic mass is 16.2. The van der Waals surface area contributed by atoms with Crippen molar-refractivity contribution >= 4 is 6.03 Å². The molecule has 1 atom stereocenters. The van der Waals surface area contributed by atoms with Gasteiger partial charge in [0.1, 0.15) is 0 Å². The maximum absolute atomic E-state index is 12.2. The van der Waals surface area contributed by atoms with Gasteiger partial charge in [-0.15, -0.1) is 0 Å². The van der Waals surface area contributed by atoms with Crippen LogP contribution in [0.2, 0.25) is 0 Å². The van der Waals surface area contributed by atoms with E-state index in [4.69, 9.17) is 5.73 Å². The van der Waals surface area contributed by atoms with Gasteiger partial charge < -0.3 is 16.0 Å². The van der Waals surface area contributed by atoms with E-state index in [1.807, 2.05) is 4.90 Å². The molecule has 1 heterocycles. The van der Waals surface area contributed by atoms with Gasteiger partial charge >= 0.3 is 6.03 Å². The first-order valence-electron chi connectivity index (χ1n) is 7.08. The molecule has 1 unspecified atom stereocenters. The van der Waals surface area contributed by atoms with Crippen molar-refractivity contribution < 1.29 is 4.79 Å². The molecule has 17 heavy (non-hydrogen) atoms. The summed E-state index contributed by atoms with van der Waals surface area (Å²) in [4.78, 5) is 14.2. The summed E-state index contributed by atoms with van der Waals surface area (Å²) in [7, 11) is 0. The van der Waals surface area contributed by atoms with Crippen LogP contribution in [0.5, 0.6) is 0 Å². The van der Waals surface area contributed by atoms with E-state index in [-0.39, 0.29) is 6.03 Å². The summed E-state index contributed by atoms with van der Waals surface area (Å²) < 4.78 is 0. The van der Waals surface area contributed by atoms with Crippen LogP contribution in [0.1, 0.15) is 51.4 Å². The third-order valence-corrected chi connectivity index (χ3v) is 4.06. The van der Waals surface area contributed by atoms with E-state index in [0.29, 0.717) is 12.1 Å². The molecule has 0 radical (unpaired) electrons. The van der Waals surface area contributed by atoms with Gasteiger partial charge in [0, 0.05) is 18.6 Å². The third kappa shape index (κ3) is 3.35. The van der Waals surface area contributed by atoms with Crippen LogP contribution in [-0.4, -0.2) is 36.1 Å². The topological polar surface area (TPSA) is 58.4 Å². The highest BCUT2D eigenvalue weighted by Gasteiger charge is 2.29. The van der Waals surface area contributed by atoms with E-state index in [2.05, 4.69) is 5.32 Å². The molecule has 2 aliphatic rings. The second kappa shape index (κ2) is 6.24. The first-order chi connectivity index (χ1) is 8.31. The average molecular weight is 239 g/mol. The monoisotopic (exact) mass is 239 g/mol. The number of hydrogen-bond acceptors (Lipinski definition) is 2. The number of hydrogen-bond donors (Lipinski definition) is 2. The molecule has 1 aliphatic heterocycles. The SMILES string of the molecule is NCCCC1CCCN1C(=O)NC1CCCC1. The van der Waals surface area contributed by atoms with Gasteiger partial charge in [0.15, 0.2) is 0 Å². The smallest absolute Gasteiger partial charge is 0.317 e. The lowest BCUT2D eigenvalue weighted by molar-refractivity contribution is 0.185. The fourth-order valence-electron chi connectivity index (χ4n) is 3.08. The van der Waals surface area contributed by atoms with Gasteiger partial charge in [-0.1, -0.05) is 12.8 Å². The van der Waals surface area contributed by atoms with Gasteiger partial charge in [-0.3, -0.25) is 0 Å². The predicted molar refractivity (Wildman–Crippen MR) is 68.8 cm³/mol. The lowest BCUT2D eigenvalue weighted by Crippen LogP contribution is -2.46. The second-order valence-corrected chi connectivity index (χ2v) is 5.35. The zero-order valence-electron chi connectivity index (χ0n) is 10.7. The Morgan fingerprint density at radius 2 is 2.00 bits per heavy atom. The van der Waals surface area contributed by atoms with Crippen LogP contribution >= 0.6 is 0 Å². The van der Waals surface area contributed by atoms with Crippen molar-refractivity contribution in [3.05, 3.63) is 0 Å². The van der Waals surface area contributed by atoms with Gasteiger partial charge in [-0.05, 0) is 45.1 Å². The number of amides is 2. The molecular weight excluding hydrogens is 214 g/mol. The molecule has 2 rings (SSSR count). The summed E-state index contributed by atoms with van der Waals surface area (Å²) in [6.07, 6.45) is 9.24. The van der Waals surface area contributed by atoms with Crippen LogP contribution in [-0.2, 0) is 0 Å². The lowest BCUT2D eigenvalue weighted by atomic mass is 10.1.